The third-order valence-corrected chi connectivity index (χ3v) is 7.45. The van der Waals surface area contributed by atoms with Crippen LogP contribution in [0.5, 0.6) is 11.5 Å². The first-order valence-corrected chi connectivity index (χ1v) is 13.7. The third-order valence-electron chi connectivity index (χ3n) is 7.45. The molecule has 214 valence electrons. The van der Waals surface area contributed by atoms with Crippen LogP contribution in [0.3, 0.4) is 0 Å². The Morgan fingerprint density at radius 2 is 2.00 bits per heavy atom. The number of ether oxygens (including phenoxy) is 1. The first-order chi connectivity index (χ1) is 20.4. The van der Waals surface area contributed by atoms with Crippen molar-refractivity contribution in [3.05, 3.63) is 72.8 Å². The molecular weight excluding hydrogens is 537 g/mol. The molecule has 1 amide bonds. The molecule has 0 aliphatic carbocycles. The number of nitrogens with zero attached hydrogens (tertiary/aromatic N) is 7. The second-order valence-electron chi connectivity index (χ2n) is 10.2. The Hall–Kier alpha value is -5.13. The quantitative estimate of drug-likeness (QED) is 0.263. The minimum Gasteiger partial charge on any atom is -0.457 e. The van der Waals surface area contributed by atoms with Crippen molar-refractivity contribution in [2.75, 3.05) is 23.3 Å². The largest absolute Gasteiger partial charge is 0.457 e. The Labute approximate surface area is 241 Å². The van der Waals surface area contributed by atoms with Crippen LogP contribution < -0.4 is 20.3 Å². The van der Waals surface area contributed by atoms with Gasteiger partial charge in [0, 0.05) is 37.8 Å². The molecule has 1 saturated heterocycles. The summed E-state index contributed by atoms with van der Waals surface area (Å²) in [4.78, 5) is 27.5. The van der Waals surface area contributed by atoms with Crippen LogP contribution in [-0.4, -0.2) is 55.0 Å². The molecule has 0 unspecified atom stereocenters. The molecule has 1 fully saturated rings. The molecule has 4 heterocycles. The number of hydrogen-bond donors (Lipinski definition) is 2. The monoisotopic (exact) mass is 567 g/mol. The highest BCUT2D eigenvalue weighted by molar-refractivity contribution is 5.88. The van der Waals surface area contributed by atoms with Gasteiger partial charge in [-0.15, -0.1) is 5.10 Å². The number of amides is 1. The highest BCUT2D eigenvalue weighted by Gasteiger charge is 2.20. The Morgan fingerprint density at radius 1 is 1.12 bits per heavy atom. The predicted molar refractivity (Wildman–Crippen MR) is 159 cm³/mol. The van der Waals surface area contributed by atoms with E-state index in [9.17, 15) is 4.79 Å². The molecule has 12 heteroatoms. The summed E-state index contributed by atoms with van der Waals surface area (Å²) < 4.78 is 23.3. The minimum absolute atomic E-state index is 0.0922. The number of pyridine rings is 1. The number of aromatic nitrogens is 6. The number of rotatable bonds is 7. The van der Waals surface area contributed by atoms with Crippen LogP contribution in [0.1, 0.15) is 24.8 Å². The Kier molecular flexibility index (Phi) is 7.34. The van der Waals surface area contributed by atoms with Crippen molar-refractivity contribution < 1.29 is 13.9 Å². The van der Waals surface area contributed by atoms with E-state index in [-0.39, 0.29) is 17.6 Å². The van der Waals surface area contributed by atoms with Crippen molar-refractivity contribution in [2.45, 2.75) is 32.2 Å². The summed E-state index contributed by atoms with van der Waals surface area (Å²) in [7, 11) is 1.82. The van der Waals surface area contributed by atoms with Crippen molar-refractivity contribution in [3.8, 4) is 11.5 Å². The average molecular weight is 568 g/mol. The number of anilines is 3. The lowest BCUT2D eigenvalue weighted by molar-refractivity contribution is -0.117. The molecule has 42 heavy (non-hydrogen) atoms. The summed E-state index contributed by atoms with van der Waals surface area (Å²) in [6.07, 6.45) is 5.31. The molecule has 5 aromatic rings. The normalized spacial score (nSPS) is 15.4. The zero-order chi connectivity index (χ0) is 29.2. The fourth-order valence-electron chi connectivity index (χ4n) is 5.14. The second-order valence-corrected chi connectivity index (χ2v) is 10.2. The van der Waals surface area contributed by atoms with Crippen LogP contribution in [0.15, 0.2) is 61.4 Å². The minimum atomic E-state index is -0.462. The number of hydrogen-bond acceptors (Lipinski definition) is 9. The van der Waals surface area contributed by atoms with E-state index in [1.165, 1.54) is 12.4 Å². The molecule has 1 atom stereocenters. The number of benzene rings is 2. The summed E-state index contributed by atoms with van der Waals surface area (Å²) >= 11 is 0. The Balaban J connectivity index is 1.22. The van der Waals surface area contributed by atoms with Gasteiger partial charge in [0.15, 0.2) is 11.6 Å². The lowest BCUT2D eigenvalue weighted by Crippen LogP contribution is -2.34. The molecule has 11 nitrogen and oxygen atoms in total. The summed E-state index contributed by atoms with van der Waals surface area (Å²) in [5.41, 5.74) is 3.31. The molecule has 0 bridgehead atoms. The maximum Gasteiger partial charge on any atom is 0.243 e. The van der Waals surface area contributed by atoms with Gasteiger partial charge in [-0.25, -0.2) is 24.0 Å². The van der Waals surface area contributed by atoms with Gasteiger partial charge in [0.1, 0.15) is 34.7 Å². The van der Waals surface area contributed by atoms with Crippen LogP contribution in [0.2, 0.25) is 0 Å². The van der Waals surface area contributed by atoms with E-state index >= 15 is 4.39 Å². The van der Waals surface area contributed by atoms with Gasteiger partial charge in [-0.1, -0.05) is 11.8 Å². The first kappa shape index (κ1) is 27.1. The highest BCUT2D eigenvalue weighted by Crippen LogP contribution is 2.33. The Morgan fingerprint density at radius 3 is 2.86 bits per heavy atom. The number of aryl methyl sites for hydroxylation is 1. The van der Waals surface area contributed by atoms with E-state index in [2.05, 4.69) is 42.4 Å². The van der Waals surface area contributed by atoms with Crippen molar-refractivity contribution in [1.82, 2.24) is 35.3 Å². The van der Waals surface area contributed by atoms with Crippen LogP contribution in [-0.2, 0) is 11.8 Å². The van der Waals surface area contributed by atoms with Gasteiger partial charge < -0.3 is 20.3 Å². The van der Waals surface area contributed by atoms with Gasteiger partial charge in [-0.3, -0.25) is 4.79 Å². The molecule has 2 aromatic carbocycles. The summed E-state index contributed by atoms with van der Waals surface area (Å²) in [6.45, 7) is 6.73. The van der Waals surface area contributed by atoms with Gasteiger partial charge in [0.2, 0.25) is 5.91 Å². The SMILES string of the molecule is C=CC(=O)N[C@H]1CCCN(c2ccc3ncnc(Nc4ccc(Oc5ccc6c(c5)nnn6C)c(C)c4F)c3n2)CC1. The molecule has 6 rings (SSSR count). The average Bonchev–Trinajstić information content (AvgIpc) is 3.21. The maximum absolute atomic E-state index is 15.6. The van der Waals surface area contributed by atoms with Gasteiger partial charge in [-0.2, -0.15) is 0 Å². The zero-order valence-corrected chi connectivity index (χ0v) is 23.3. The maximum atomic E-state index is 15.6. The topological polar surface area (TPSA) is 123 Å². The third kappa shape index (κ3) is 5.42. The van der Waals surface area contributed by atoms with Crippen LogP contribution >= 0.6 is 0 Å². The number of fused-ring (bicyclic) bond motifs is 2. The molecule has 1 aliphatic heterocycles. The van der Waals surface area contributed by atoms with Crippen LogP contribution in [0.4, 0.5) is 21.7 Å². The molecule has 2 N–H and O–H groups in total. The van der Waals surface area contributed by atoms with Gasteiger partial charge in [-0.05, 0) is 68.7 Å². The van der Waals surface area contributed by atoms with E-state index in [4.69, 9.17) is 9.72 Å². The second kappa shape index (κ2) is 11.4. The van der Waals surface area contributed by atoms with Gasteiger partial charge in [0.25, 0.3) is 0 Å². The molecule has 0 spiro atoms. The standard InChI is InChI=1S/C30H30FN9O2/c1-4-27(41)34-19-6-5-14-40(15-13-19)26-12-9-22-29(36-26)30(33-17-32-22)35-21-8-11-25(18(2)28(21)31)42-20-7-10-24-23(16-20)37-38-39(24)3/h4,7-12,16-17,19H,1,5-6,13-15H2,2-3H3,(H,34,41)(H,32,33,35)/t19-/m0/s1. The summed E-state index contributed by atoms with van der Waals surface area (Å²) in [5.74, 6) is 1.47. The van der Waals surface area contributed by atoms with E-state index in [1.807, 2.05) is 25.2 Å². The fourth-order valence-corrected chi connectivity index (χ4v) is 5.14. The van der Waals surface area contributed by atoms with Gasteiger partial charge >= 0.3 is 0 Å². The number of halogens is 1. The lowest BCUT2D eigenvalue weighted by Gasteiger charge is -2.22. The van der Waals surface area contributed by atoms with Crippen molar-refractivity contribution in [3.63, 3.8) is 0 Å². The molecule has 0 radical (unpaired) electrons. The number of carbonyl (C=O) groups excluding carboxylic acids is 1. The number of nitrogens with one attached hydrogen (secondary N) is 2. The number of carbonyl (C=O) groups is 1. The molecule has 1 aliphatic rings. The smallest absolute Gasteiger partial charge is 0.243 e. The highest BCUT2D eigenvalue weighted by atomic mass is 19.1. The molecule has 3 aromatic heterocycles. The van der Waals surface area contributed by atoms with E-state index in [1.54, 1.807) is 35.9 Å². The summed E-state index contributed by atoms with van der Waals surface area (Å²) in [5, 5.41) is 14.2. The molecule has 0 saturated carbocycles. The van der Waals surface area contributed by atoms with Crippen molar-refractivity contribution in [2.24, 2.45) is 7.05 Å². The van der Waals surface area contributed by atoms with E-state index in [0.717, 1.165) is 43.7 Å². The van der Waals surface area contributed by atoms with Crippen LogP contribution in [0.25, 0.3) is 22.1 Å². The lowest BCUT2D eigenvalue weighted by atomic mass is 10.1. The molecular formula is C30H30FN9O2. The van der Waals surface area contributed by atoms with E-state index in [0.29, 0.717) is 39.4 Å². The van der Waals surface area contributed by atoms with Crippen molar-refractivity contribution >= 4 is 45.3 Å². The zero-order valence-electron chi connectivity index (χ0n) is 23.3. The fraction of sp³-hybridized carbons (Fsp3) is 0.267. The summed E-state index contributed by atoms with van der Waals surface area (Å²) in [6, 6.07) is 12.7. The Bertz CT molecular complexity index is 1810. The predicted octanol–water partition coefficient (Wildman–Crippen LogP) is 4.95. The van der Waals surface area contributed by atoms with Crippen molar-refractivity contribution in [1.29, 1.82) is 0 Å². The first-order valence-electron chi connectivity index (χ1n) is 13.7. The van der Waals surface area contributed by atoms with Gasteiger partial charge in [0.05, 0.1) is 16.7 Å². The van der Waals surface area contributed by atoms with Crippen LogP contribution in [0, 0.1) is 12.7 Å². The van der Waals surface area contributed by atoms with E-state index < -0.39 is 5.82 Å².